The molecule has 1 aromatic carbocycles. The highest BCUT2D eigenvalue weighted by atomic mass is 35.5. The third-order valence-corrected chi connectivity index (χ3v) is 4.99. The van der Waals surface area contributed by atoms with E-state index in [0.717, 1.165) is 0 Å². The highest BCUT2D eigenvalue weighted by Gasteiger charge is 2.20. The van der Waals surface area contributed by atoms with Gasteiger partial charge in [0.25, 0.3) is 10.0 Å². The fourth-order valence-corrected chi connectivity index (χ4v) is 3.55. The van der Waals surface area contributed by atoms with Crippen molar-refractivity contribution in [2.24, 2.45) is 0 Å². The van der Waals surface area contributed by atoms with Gasteiger partial charge in [-0.15, -0.1) is 0 Å². The Kier molecular flexibility index (Phi) is 4.20. The number of halogens is 1. The zero-order valence-electron chi connectivity index (χ0n) is 12.1. The van der Waals surface area contributed by atoms with Crippen molar-refractivity contribution in [2.45, 2.75) is 11.5 Å². The van der Waals surface area contributed by atoms with E-state index in [2.05, 4.69) is 19.7 Å². The Labute approximate surface area is 137 Å². The number of nitrogens with one attached hydrogen (secondary N) is 2. The van der Waals surface area contributed by atoms with Gasteiger partial charge >= 0.3 is 0 Å². The van der Waals surface area contributed by atoms with E-state index in [9.17, 15) is 8.42 Å². The quantitative estimate of drug-likeness (QED) is 0.735. The molecule has 0 saturated heterocycles. The van der Waals surface area contributed by atoms with E-state index >= 15 is 0 Å². The number of hydrogen-bond donors (Lipinski definition) is 2. The molecule has 0 aliphatic heterocycles. The molecule has 0 fully saturated rings. The summed E-state index contributed by atoms with van der Waals surface area (Å²) in [6.45, 7) is 0.287. The van der Waals surface area contributed by atoms with Gasteiger partial charge in [-0.25, -0.2) is 18.4 Å². The van der Waals surface area contributed by atoms with Crippen LogP contribution in [0.15, 0.2) is 41.8 Å². The van der Waals surface area contributed by atoms with Gasteiger partial charge in [0, 0.05) is 30.2 Å². The summed E-state index contributed by atoms with van der Waals surface area (Å²) in [4.78, 5) is 10.7. The smallest absolute Gasteiger partial charge is 0.264 e. The molecule has 120 valence electrons. The van der Waals surface area contributed by atoms with Gasteiger partial charge in [-0.3, -0.25) is 4.72 Å². The van der Waals surface area contributed by atoms with Crippen molar-refractivity contribution in [3.8, 4) is 0 Å². The molecule has 0 spiro atoms. The van der Waals surface area contributed by atoms with E-state index in [4.69, 9.17) is 16.3 Å². The molecule has 2 aromatic heterocycles. The number of rotatable bonds is 5. The summed E-state index contributed by atoms with van der Waals surface area (Å²) in [5, 5.41) is 0.932. The van der Waals surface area contributed by atoms with Crippen LogP contribution in [0.1, 0.15) is 5.56 Å². The number of hydrogen-bond acceptors (Lipinski definition) is 5. The number of aromatic amines is 1. The molecular formula is C14H13ClN4O3S. The number of anilines is 1. The zero-order valence-corrected chi connectivity index (χ0v) is 13.6. The van der Waals surface area contributed by atoms with E-state index in [1.54, 1.807) is 25.3 Å². The molecule has 0 unspecified atom stereocenters. The maximum atomic E-state index is 12.6. The SMILES string of the molecule is COCc1cc(NS(=O)(=O)c2c[nH]c3ncncc23)ccc1Cl. The number of benzene rings is 1. The molecular weight excluding hydrogens is 340 g/mol. The lowest BCUT2D eigenvalue weighted by molar-refractivity contribution is 0.185. The van der Waals surface area contributed by atoms with Crippen molar-refractivity contribution in [3.05, 3.63) is 47.5 Å². The van der Waals surface area contributed by atoms with Crippen LogP contribution in [0.3, 0.4) is 0 Å². The van der Waals surface area contributed by atoms with Gasteiger partial charge < -0.3 is 9.72 Å². The summed E-state index contributed by atoms with van der Waals surface area (Å²) in [6.07, 6.45) is 4.18. The van der Waals surface area contributed by atoms with Crippen molar-refractivity contribution in [1.82, 2.24) is 15.0 Å². The van der Waals surface area contributed by atoms with Crippen LogP contribution in [0.25, 0.3) is 11.0 Å². The average molecular weight is 353 g/mol. The predicted molar refractivity (Wildman–Crippen MR) is 86.9 cm³/mol. The number of sulfonamides is 1. The molecule has 2 N–H and O–H groups in total. The van der Waals surface area contributed by atoms with E-state index < -0.39 is 10.0 Å². The van der Waals surface area contributed by atoms with Crippen LogP contribution in [0.5, 0.6) is 0 Å². The van der Waals surface area contributed by atoms with Crippen molar-refractivity contribution in [2.75, 3.05) is 11.8 Å². The minimum absolute atomic E-state index is 0.0799. The topological polar surface area (TPSA) is 97.0 Å². The summed E-state index contributed by atoms with van der Waals surface area (Å²) < 4.78 is 32.7. The third kappa shape index (κ3) is 3.14. The molecule has 0 aliphatic rings. The highest BCUT2D eigenvalue weighted by Crippen LogP contribution is 2.26. The standard InChI is InChI=1S/C14H13ClN4O3S/c1-22-7-9-4-10(2-3-12(9)15)19-23(20,21)13-6-17-14-11(13)5-16-8-18-14/h2-6,8,19H,7H2,1H3,(H,16,17,18). The normalized spacial score (nSPS) is 11.7. The van der Waals surface area contributed by atoms with Crippen molar-refractivity contribution >= 4 is 38.3 Å². The lowest BCUT2D eigenvalue weighted by Gasteiger charge is -2.10. The molecule has 0 aliphatic carbocycles. The largest absolute Gasteiger partial charge is 0.380 e. The molecule has 0 saturated carbocycles. The molecule has 3 aromatic rings. The lowest BCUT2D eigenvalue weighted by atomic mass is 10.2. The van der Waals surface area contributed by atoms with E-state index in [-0.39, 0.29) is 11.5 Å². The minimum atomic E-state index is -3.79. The van der Waals surface area contributed by atoms with Crippen LogP contribution in [-0.2, 0) is 21.4 Å². The predicted octanol–water partition coefficient (Wildman–Crippen LogP) is 2.56. The lowest BCUT2D eigenvalue weighted by Crippen LogP contribution is -2.12. The first-order valence-electron chi connectivity index (χ1n) is 6.58. The van der Waals surface area contributed by atoms with Crippen LogP contribution in [0.4, 0.5) is 5.69 Å². The summed E-state index contributed by atoms with van der Waals surface area (Å²) in [5.41, 5.74) is 1.54. The number of methoxy groups -OCH3 is 1. The summed E-state index contributed by atoms with van der Waals surface area (Å²) in [6, 6.07) is 4.84. The minimum Gasteiger partial charge on any atom is -0.380 e. The molecule has 3 rings (SSSR count). The van der Waals surface area contributed by atoms with Gasteiger partial charge in [0.15, 0.2) is 0 Å². The first kappa shape index (κ1) is 15.7. The van der Waals surface area contributed by atoms with Crippen LogP contribution in [0, 0.1) is 0 Å². The Bertz CT molecular complexity index is 956. The Morgan fingerprint density at radius 2 is 2.22 bits per heavy atom. The number of aromatic nitrogens is 3. The van der Waals surface area contributed by atoms with Gasteiger partial charge in [-0.1, -0.05) is 11.6 Å². The summed E-state index contributed by atoms with van der Waals surface area (Å²) in [5.74, 6) is 0. The summed E-state index contributed by atoms with van der Waals surface area (Å²) in [7, 11) is -2.25. The van der Waals surface area contributed by atoms with Crippen LogP contribution in [-0.4, -0.2) is 30.5 Å². The van der Waals surface area contributed by atoms with E-state index in [1.807, 2.05) is 0 Å². The number of ether oxygens (including phenoxy) is 1. The third-order valence-electron chi connectivity index (χ3n) is 3.20. The molecule has 0 amide bonds. The Hall–Kier alpha value is -2.16. The fourth-order valence-electron chi connectivity index (χ4n) is 2.17. The second kappa shape index (κ2) is 6.15. The molecule has 0 bridgehead atoms. The Morgan fingerprint density at radius 1 is 1.39 bits per heavy atom. The molecule has 2 heterocycles. The number of fused-ring (bicyclic) bond motifs is 1. The number of H-pyrrole nitrogens is 1. The highest BCUT2D eigenvalue weighted by molar-refractivity contribution is 7.93. The molecule has 9 heteroatoms. The van der Waals surface area contributed by atoms with Crippen LogP contribution < -0.4 is 4.72 Å². The van der Waals surface area contributed by atoms with Crippen molar-refractivity contribution in [1.29, 1.82) is 0 Å². The first-order valence-corrected chi connectivity index (χ1v) is 8.44. The van der Waals surface area contributed by atoms with Gasteiger partial charge in [0.1, 0.15) is 16.9 Å². The van der Waals surface area contributed by atoms with Crippen LogP contribution in [0.2, 0.25) is 5.02 Å². The second-order valence-electron chi connectivity index (χ2n) is 4.78. The van der Waals surface area contributed by atoms with Crippen molar-refractivity contribution in [3.63, 3.8) is 0 Å². The Morgan fingerprint density at radius 3 is 3.00 bits per heavy atom. The molecule has 23 heavy (non-hydrogen) atoms. The molecule has 0 radical (unpaired) electrons. The number of nitrogens with zero attached hydrogens (tertiary/aromatic N) is 2. The molecule has 7 nitrogen and oxygen atoms in total. The van der Waals surface area contributed by atoms with Gasteiger partial charge in [-0.2, -0.15) is 0 Å². The maximum absolute atomic E-state index is 12.6. The van der Waals surface area contributed by atoms with E-state index in [1.165, 1.54) is 18.7 Å². The monoisotopic (exact) mass is 352 g/mol. The zero-order chi connectivity index (χ0) is 16.4. The van der Waals surface area contributed by atoms with Gasteiger partial charge in [0.2, 0.25) is 0 Å². The van der Waals surface area contributed by atoms with E-state index in [0.29, 0.717) is 27.3 Å². The maximum Gasteiger partial charge on any atom is 0.264 e. The fraction of sp³-hybridized carbons (Fsp3) is 0.143. The van der Waals surface area contributed by atoms with Gasteiger partial charge in [0.05, 0.1) is 12.0 Å². The summed E-state index contributed by atoms with van der Waals surface area (Å²) >= 11 is 6.05. The van der Waals surface area contributed by atoms with Crippen molar-refractivity contribution < 1.29 is 13.2 Å². The van der Waals surface area contributed by atoms with Crippen LogP contribution >= 0.6 is 11.6 Å². The van der Waals surface area contributed by atoms with Gasteiger partial charge in [-0.05, 0) is 23.8 Å². The molecule has 0 atom stereocenters. The Balaban J connectivity index is 1.97. The average Bonchev–Trinajstić information content (AvgIpc) is 2.95. The second-order valence-corrected chi connectivity index (χ2v) is 6.84. The first-order chi connectivity index (χ1) is 11.0.